The first-order valence-electron chi connectivity index (χ1n) is 7.38. The Bertz CT molecular complexity index is 531. The molecule has 1 aromatic rings. The maximum absolute atomic E-state index is 12.1. The number of amides is 1. The minimum atomic E-state index is -0.0933. The summed E-state index contributed by atoms with van der Waals surface area (Å²) in [6.07, 6.45) is 1.16. The van der Waals surface area contributed by atoms with Gasteiger partial charge in [0.15, 0.2) is 0 Å². The fraction of sp³-hybridized carbons (Fsp3) is 0.533. The molecule has 7 heteroatoms. The lowest BCUT2D eigenvalue weighted by molar-refractivity contribution is -0.117. The van der Waals surface area contributed by atoms with Crippen molar-refractivity contribution in [1.29, 1.82) is 0 Å². The van der Waals surface area contributed by atoms with Crippen LogP contribution in [0.25, 0.3) is 0 Å². The van der Waals surface area contributed by atoms with E-state index in [9.17, 15) is 4.79 Å². The molecule has 122 valence electrons. The molecule has 0 aliphatic carbocycles. The molecule has 2 rings (SSSR count). The van der Waals surface area contributed by atoms with Crippen molar-refractivity contribution in [3.05, 3.63) is 27.2 Å². The molecule has 1 aliphatic rings. The molecule has 0 unspecified atom stereocenters. The fourth-order valence-corrected chi connectivity index (χ4v) is 3.09. The van der Waals surface area contributed by atoms with Gasteiger partial charge < -0.3 is 10.2 Å². The van der Waals surface area contributed by atoms with Gasteiger partial charge in [-0.25, -0.2) is 0 Å². The van der Waals surface area contributed by atoms with Crippen LogP contribution in [0.5, 0.6) is 0 Å². The lowest BCUT2D eigenvalue weighted by atomic mass is 10.3. The van der Waals surface area contributed by atoms with Gasteiger partial charge >= 0.3 is 0 Å². The molecule has 1 saturated heterocycles. The number of piperazine rings is 1. The third-order valence-electron chi connectivity index (χ3n) is 3.66. The second kappa shape index (κ2) is 8.37. The molecule has 0 atom stereocenters. The zero-order valence-corrected chi connectivity index (χ0v) is 14.8. The molecular weight excluding hydrogens is 345 g/mol. The van der Waals surface area contributed by atoms with E-state index >= 15 is 0 Å². The van der Waals surface area contributed by atoms with E-state index < -0.39 is 0 Å². The number of carbonyl (C=O) groups is 1. The largest absolute Gasteiger partial charge is 0.324 e. The van der Waals surface area contributed by atoms with Crippen LogP contribution < -0.4 is 5.32 Å². The Kier molecular flexibility index (Phi) is 6.78. The average Bonchev–Trinajstić information content (AvgIpc) is 2.47. The van der Waals surface area contributed by atoms with Crippen molar-refractivity contribution >= 4 is 46.4 Å². The number of rotatable bonds is 5. The van der Waals surface area contributed by atoms with Gasteiger partial charge in [0.25, 0.3) is 0 Å². The molecule has 0 bridgehead atoms. The quantitative estimate of drug-likeness (QED) is 0.811. The molecule has 1 N–H and O–H groups in total. The van der Waals surface area contributed by atoms with Crippen LogP contribution in [0, 0.1) is 0 Å². The Balaban J connectivity index is 1.85. The van der Waals surface area contributed by atoms with Crippen LogP contribution in [-0.4, -0.2) is 55.0 Å². The van der Waals surface area contributed by atoms with Gasteiger partial charge in [-0.15, -0.1) is 0 Å². The smallest absolute Gasteiger partial charge is 0.238 e. The monoisotopic (exact) mass is 363 g/mol. The van der Waals surface area contributed by atoms with E-state index in [1.165, 1.54) is 6.07 Å². The van der Waals surface area contributed by atoms with Gasteiger partial charge in [-0.2, -0.15) is 0 Å². The number of hydrogen-bond acceptors (Lipinski definition) is 3. The molecule has 0 aromatic heterocycles. The summed E-state index contributed by atoms with van der Waals surface area (Å²) in [4.78, 5) is 16.7. The van der Waals surface area contributed by atoms with E-state index in [2.05, 4.69) is 22.0 Å². The maximum atomic E-state index is 12.1. The van der Waals surface area contributed by atoms with Crippen molar-refractivity contribution in [2.75, 3.05) is 44.6 Å². The highest BCUT2D eigenvalue weighted by Crippen LogP contribution is 2.32. The lowest BCUT2D eigenvalue weighted by Gasteiger charge is -2.34. The Hall–Kier alpha value is -0.520. The molecule has 1 fully saturated rings. The topological polar surface area (TPSA) is 35.6 Å². The minimum Gasteiger partial charge on any atom is -0.324 e. The Morgan fingerprint density at radius 2 is 1.64 bits per heavy atom. The number of nitrogens with one attached hydrogen (secondary N) is 1. The van der Waals surface area contributed by atoms with Gasteiger partial charge in [0.05, 0.1) is 27.3 Å². The predicted molar refractivity (Wildman–Crippen MR) is 93.3 cm³/mol. The normalized spacial score (nSPS) is 16.7. The van der Waals surface area contributed by atoms with E-state index in [4.69, 9.17) is 34.8 Å². The summed E-state index contributed by atoms with van der Waals surface area (Å²) in [5.74, 6) is -0.0933. The van der Waals surface area contributed by atoms with Gasteiger partial charge in [0.1, 0.15) is 0 Å². The predicted octanol–water partition coefficient (Wildman–Crippen LogP) is 3.61. The Morgan fingerprint density at radius 1 is 1.05 bits per heavy atom. The highest BCUT2D eigenvalue weighted by molar-refractivity contribution is 6.44. The van der Waals surface area contributed by atoms with Gasteiger partial charge in [-0.05, 0) is 25.1 Å². The molecule has 22 heavy (non-hydrogen) atoms. The standard InChI is InChI=1S/C15H20Cl3N3O/c1-2-3-20-4-6-21(7-5-20)10-15(22)19-14-9-12(17)11(16)8-13(14)18/h8-9H,2-7,10H2,1H3,(H,19,22). The molecule has 0 saturated carbocycles. The highest BCUT2D eigenvalue weighted by atomic mass is 35.5. The summed E-state index contributed by atoms with van der Waals surface area (Å²) in [5.41, 5.74) is 0.491. The first-order chi connectivity index (χ1) is 10.5. The maximum Gasteiger partial charge on any atom is 0.238 e. The summed E-state index contributed by atoms with van der Waals surface area (Å²) in [6, 6.07) is 3.11. The Morgan fingerprint density at radius 3 is 2.27 bits per heavy atom. The Labute approximate surface area is 146 Å². The molecule has 1 amide bonds. The molecule has 4 nitrogen and oxygen atoms in total. The third kappa shape index (κ3) is 5.00. The van der Waals surface area contributed by atoms with Crippen molar-refractivity contribution < 1.29 is 4.79 Å². The molecule has 1 aliphatic heterocycles. The zero-order chi connectivity index (χ0) is 16.1. The zero-order valence-electron chi connectivity index (χ0n) is 12.5. The second-order valence-corrected chi connectivity index (χ2v) is 6.63. The summed E-state index contributed by atoms with van der Waals surface area (Å²) in [5, 5.41) is 3.92. The average molecular weight is 365 g/mol. The minimum absolute atomic E-state index is 0.0933. The van der Waals surface area contributed by atoms with Crippen LogP contribution in [0.15, 0.2) is 12.1 Å². The van der Waals surface area contributed by atoms with Crippen LogP contribution in [0.1, 0.15) is 13.3 Å². The summed E-state index contributed by atoms with van der Waals surface area (Å²) in [6.45, 7) is 7.49. The SMILES string of the molecule is CCCN1CCN(CC(=O)Nc2cc(Cl)c(Cl)cc2Cl)CC1. The van der Waals surface area contributed by atoms with E-state index in [1.807, 2.05) is 0 Å². The highest BCUT2D eigenvalue weighted by Gasteiger charge is 2.19. The van der Waals surface area contributed by atoms with Crippen LogP contribution in [-0.2, 0) is 4.79 Å². The number of nitrogens with zero attached hydrogens (tertiary/aromatic N) is 2. The summed E-state index contributed by atoms with van der Waals surface area (Å²) >= 11 is 17.9. The summed E-state index contributed by atoms with van der Waals surface area (Å²) in [7, 11) is 0. The van der Waals surface area contributed by atoms with Crippen LogP contribution in [0.2, 0.25) is 15.1 Å². The first kappa shape index (κ1) is 17.8. The van der Waals surface area contributed by atoms with Crippen LogP contribution >= 0.6 is 34.8 Å². The number of benzene rings is 1. The number of halogens is 3. The van der Waals surface area contributed by atoms with Crippen LogP contribution in [0.4, 0.5) is 5.69 Å². The number of carbonyl (C=O) groups excluding carboxylic acids is 1. The van der Waals surface area contributed by atoms with E-state index in [-0.39, 0.29) is 5.91 Å². The first-order valence-corrected chi connectivity index (χ1v) is 8.52. The van der Waals surface area contributed by atoms with Crippen molar-refractivity contribution in [1.82, 2.24) is 9.80 Å². The number of hydrogen-bond donors (Lipinski definition) is 1. The van der Waals surface area contributed by atoms with Crippen molar-refractivity contribution in [3.8, 4) is 0 Å². The van der Waals surface area contributed by atoms with Crippen molar-refractivity contribution in [2.45, 2.75) is 13.3 Å². The van der Waals surface area contributed by atoms with Crippen LogP contribution in [0.3, 0.4) is 0 Å². The van der Waals surface area contributed by atoms with Crippen molar-refractivity contribution in [2.24, 2.45) is 0 Å². The van der Waals surface area contributed by atoms with Gasteiger partial charge in [-0.1, -0.05) is 41.7 Å². The fourth-order valence-electron chi connectivity index (χ4n) is 2.50. The summed E-state index contributed by atoms with van der Waals surface area (Å²) < 4.78 is 0. The molecule has 0 radical (unpaired) electrons. The van der Waals surface area contributed by atoms with Gasteiger partial charge in [0.2, 0.25) is 5.91 Å². The van der Waals surface area contributed by atoms with Crippen molar-refractivity contribution in [3.63, 3.8) is 0 Å². The molecular formula is C15H20Cl3N3O. The van der Waals surface area contributed by atoms with E-state index in [0.717, 1.165) is 39.1 Å². The van der Waals surface area contributed by atoms with E-state index in [1.54, 1.807) is 6.07 Å². The second-order valence-electron chi connectivity index (χ2n) is 5.41. The number of anilines is 1. The van der Waals surface area contributed by atoms with E-state index in [0.29, 0.717) is 27.3 Å². The lowest BCUT2D eigenvalue weighted by Crippen LogP contribution is -2.48. The molecule has 1 aromatic carbocycles. The molecule has 1 heterocycles. The molecule has 0 spiro atoms. The third-order valence-corrected chi connectivity index (χ3v) is 4.69. The van der Waals surface area contributed by atoms with Gasteiger partial charge in [0, 0.05) is 26.2 Å². The van der Waals surface area contributed by atoms with Gasteiger partial charge in [-0.3, -0.25) is 9.69 Å².